The Morgan fingerprint density at radius 1 is 0.767 bits per heavy atom. The summed E-state index contributed by atoms with van der Waals surface area (Å²) in [6, 6.07) is 35.4. The molecule has 0 fully saturated rings. The average molecular weight is 556 g/mol. The van der Waals surface area contributed by atoms with Gasteiger partial charge in [-0.1, -0.05) is 79.4 Å². The number of hydrogen-bond acceptors (Lipinski definition) is 3. The van der Waals surface area contributed by atoms with Crippen molar-refractivity contribution in [3.05, 3.63) is 152 Å². The summed E-state index contributed by atoms with van der Waals surface area (Å²) in [7, 11) is 0. The fourth-order valence-electron chi connectivity index (χ4n) is 5.82. The molecule has 0 bridgehead atoms. The van der Waals surface area contributed by atoms with Crippen LogP contribution in [-0.2, 0) is 0 Å². The molecular formula is C39H29N3O. The van der Waals surface area contributed by atoms with Crippen LogP contribution in [0, 0.1) is 5.41 Å². The van der Waals surface area contributed by atoms with Crippen LogP contribution in [0.15, 0.2) is 151 Å². The summed E-state index contributed by atoms with van der Waals surface area (Å²) in [5.41, 5.74) is 9.01. The minimum Gasteiger partial charge on any atom is -0.456 e. The molecule has 43 heavy (non-hydrogen) atoms. The molecule has 0 spiro atoms. The maximum absolute atomic E-state index is 9.13. The number of fused-ring (bicyclic) bond motifs is 6. The molecular weight excluding hydrogens is 526 g/mol. The maximum atomic E-state index is 9.13. The second-order valence-electron chi connectivity index (χ2n) is 10.4. The lowest BCUT2D eigenvalue weighted by atomic mass is 10.0. The standard InChI is InChI=1S/C39H29N3O/c1-3-5-14-33(40)37(25-26(4-2)34-15-10-11-22-41-34)42-35-16-8-6-12-29(35)31-23-27(18-20-36(31)42)28-19-21-39-32(24-28)30-13-7-9-17-38(30)43-39/h3-25,40H,1H2,2H3/b14-5-,26-4+,37-25-,40-33?. The topological polar surface area (TPSA) is 54.8 Å². The van der Waals surface area contributed by atoms with E-state index in [-0.39, 0.29) is 0 Å². The predicted octanol–water partition coefficient (Wildman–Crippen LogP) is 10.5. The number of hydrogen-bond donors (Lipinski definition) is 1. The Kier molecular flexibility index (Phi) is 6.65. The van der Waals surface area contributed by atoms with Gasteiger partial charge in [0.1, 0.15) is 11.2 Å². The molecule has 4 aromatic carbocycles. The quantitative estimate of drug-likeness (QED) is 0.157. The van der Waals surface area contributed by atoms with Crippen LogP contribution in [0.3, 0.4) is 0 Å². The molecule has 206 valence electrons. The van der Waals surface area contributed by atoms with E-state index in [1.54, 1.807) is 24.4 Å². The number of nitrogens with one attached hydrogen (secondary N) is 1. The zero-order valence-corrected chi connectivity index (χ0v) is 23.8. The smallest absolute Gasteiger partial charge is 0.135 e. The van der Waals surface area contributed by atoms with Crippen LogP contribution in [0.4, 0.5) is 0 Å². The molecule has 0 amide bonds. The second-order valence-corrected chi connectivity index (χ2v) is 10.4. The van der Waals surface area contributed by atoms with Crippen molar-refractivity contribution in [1.82, 2.24) is 9.55 Å². The van der Waals surface area contributed by atoms with E-state index < -0.39 is 0 Å². The second kappa shape index (κ2) is 10.9. The molecule has 0 saturated carbocycles. The van der Waals surface area contributed by atoms with Crippen LogP contribution >= 0.6 is 0 Å². The third kappa shape index (κ3) is 4.59. The Morgan fingerprint density at radius 2 is 1.47 bits per heavy atom. The molecule has 1 N–H and O–H groups in total. The monoisotopic (exact) mass is 555 g/mol. The highest BCUT2D eigenvalue weighted by Crippen LogP contribution is 2.37. The molecule has 0 aliphatic carbocycles. The zero-order valence-electron chi connectivity index (χ0n) is 23.8. The van der Waals surface area contributed by atoms with Crippen molar-refractivity contribution in [2.24, 2.45) is 0 Å². The number of furan rings is 1. The Bertz CT molecular complexity index is 2280. The van der Waals surface area contributed by atoms with Crippen LogP contribution < -0.4 is 0 Å². The van der Waals surface area contributed by atoms with Crippen molar-refractivity contribution in [3.63, 3.8) is 0 Å². The van der Waals surface area contributed by atoms with Crippen LogP contribution in [-0.4, -0.2) is 15.3 Å². The zero-order chi connectivity index (χ0) is 29.3. The van der Waals surface area contributed by atoms with Crippen molar-refractivity contribution >= 4 is 60.7 Å². The first kappa shape index (κ1) is 26.2. The molecule has 3 aromatic heterocycles. The van der Waals surface area contributed by atoms with Gasteiger partial charge in [-0.05, 0) is 84.3 Å². The highest BCUT2D eigenvalue weighted by Gasteiger charge is 2.18. The molecule has 3 heterocycles. The largest absolute Gasteiger partial charge is 0.456 e. The van der Waals surface area contributed by atoms with E-state index in [0.717, 1.165) is 71.8 Å². The third-order valence-electron chi connectivity index (χ3n) is 7.86. The van der Waals surface area contributed by atoms with E-state index in [0.29, 0.717) is 5.71 Å². The van der Waals surface area contributed by atoms with Crippen molar-refractivity contribution in [2.75, 3.05) is 0 Å². The van der Waals surface area contributed by atoms with E-state index >= 15 is 0 Å². The number of rotatable bonds is 7. The number of nitrogens with zero attached hydrogens (tertiary/aromatic N) is 2. The van der Waals surface area contributed by atoms with Gasteiger partial charge >= 0.3 is 0 Å². The van der Waals surface area contributed by atoms with Gasteiger partial charge in [0.15, 0.2) is 0 Å². The normalized spacial score (nSPS) is 12.7. The molecule has 0 aliphatic rings. The molecule has 0 unspecified atom stereocenters. The average Bonchev–Trinajstić information content (AvgIpc) is 3.59. The molecule has 0 radical (unpaired) electrons. The predicted molar refractivity (Wildman–Crippen MR) is 181 cm³/mol. The van der Waals surface area contributed by atoms with Crippen molar-refractivity contribution in [1.29, 1.82) is 5.41 Å². The SMILES string of the molecule is C=C/C=C\C(=N)/C(=C/C(=C\C)c1ccccn1)n1c2ccccc2c2cc(-c3ccc4oc5ccccc5c4c3)ccc21. The van der Waals surface area contributed by atoms with Crippen molar-refractivity contribution in [2.45, 2.75) is 6.92 Å². The summed E-state index contributed by atoms with van der Waals surface area (Å²) in [6.45, 7) is 5.81. The lowest BCUT2D eigenvalue weighted by Crippen LogP contribution is -2.06. The van der Waals surface area contributed by atoms with Gasteiger partial charge in [-0.25, -0.2) is 0 Å². The highest BCUT2D eigenvalue weighted by molar-refractivity contribution is 6.28. The van der Waals surface area contributed by atoms with Gasteiger partial charge < -0.3 is 8.98 Å². The van der Waals surface area contributed by atoms with Gasteiger partial charge in [-0.3, -0.25) is 10.4 Å². The lowest BCUT2D eigenvalue weighted by Gasteiger charge is -2.14. The molecule has 0 aliphatic heterocycles. The summed E-state index contributed by atoms with van der Waals surface area (Å²) in [5, 5.41) is 13.6. The Morgan fingerprint density at radius 3 is 2.26 bits per heavy atom. The summed E-state index contributed by atoms with van der Waals surface area (Å²) < 4.78 is 8.26. The summed E-state index contributed by atoms with van der Waals surface area (Å²) in [6.07, 6.45) is 11.2. The van der Waals surface area contributed by atoms with Crippen LogP contribution in [0.2, 0.25) is 0 Å². The number of benzene rings is 4. The van der Waals surface area contributed by atoms with Gasteiger partial charge in [0.25, 0.3) is 0 Å². The Labute approximate surface area is 249 Å². The van der Waals surface area contributed by atoms with Crippen molar-refractivity contribution < 1.29 is 4.42 Å². The summed E-state index contributed by atoms with van der Waals surface area (Å²) in [4.78, 5) is 4.58. The molecule has 7 aromatic rings. The highest BCUT2D eigenvalue weighted by atomic mass is 16.3. The fourth-order valence-corrected chi connectivity index (χ4v) is 5.82. The first-order valence-electron chi connectivity index (χ1n) is 14.3. The van der Waals surface area contributed by atoms with Gasteiger partial charge in [0, 0.05) is 27.7 Å². The van der Waals surface area contributed by atoms with Crippen LogP contribution in [0.5, 0.6) is 0 Å². The fraction of sp³-hybridized carbons (Fsp3) is 0.0256. The van der Waals surface area contributed by atoms with Gasteiger partial charge in [-0.2, -0.15) is 0 Å². The summed E-state index contributed by atoms with van der Waals surface area (Å²) >= 11 is 0. The van der Waals surface area contributed by atoms with E-state index in [9.17, 15) is 0 Å². The van der Waals surface area contributed by atoms with E-state index in [4.69, 9.17) is 9.83 Å². The molecule has 0 atom stereocenters. The van der Waals surface area contributed by atoms with Gasteiger partial charge in [0.2, 0.25) is 0 Å². The van der Waals surface area contributed by atoms with Gasteiger partial charge in [-0.15, -0.1) is 0 Å². The third-order valence-corrected chi connectivity index (χ3v) is 7.86. The molecule has 4 nitrogen and oxygen atoms in total. The lowest BCUT2D eigenvalue weighted by molar-refractivity contribution is 0.669. The van der Waals surface area contributed by atoms with E-state index in [1.807, 2.05) is 55.5 Å². The maximum Gasteiger partial charge on any atom is 0.135 e. The molecule has 7 rings (SSSR count). The number of aromatic nitrogens is 2. The van der Waals surface area contributed by atoms with E-state index in [1.165, 1.54) is 0 Å². The van der Waals surface area contributed by atoms with Crippen molar-refractivity contribution in [3.8, 4) is 11.1 Å². The minimum absolute atomic E-state index is 0.374. The summed E-state index contributed by atoms with van der Waals surface area (Å²) in [5.74, 6) is 0. The minimum atomic E-state index is 0.374. The first-order chi connectivity index (χ1) is 21.2. The Balaban J connectivity index is 1.45. The van der Waals surface area contributed by atoms with Crippen LogP contribution in [0.25, 0.3) is 66.1 Å². The number of allylic oxidation sites excluding steroid dienone is 7. The molecule has 0 saturated heterocycles. The van der Waals surface area contributed by atoms with Crippen LogP contribution in [0.1, 0.15) is 12.6 Å². The Hall–Kier alpha value is -5.74. The first-order valence-corrected chi connectivity index (χ1v) is 14.3. The number of para-hydroxylation sites is 2. The van der Waals surface area contributed by atoms with Gasteiger partial charge in [0.05, 0.1) is 28.1 Å². The molecule has 4 heteroatoms. The number of pyridine rings is 1. The van der Waals surface area contributed by atoms with E-state index in [2.05, 4.69) is 82.9 Å².